The third kappa shape index (κ3) is 2.21. The van der Waals surface area contributed by atoms with Crippen molar-refractivity contribution in [3.05, 3.63) is 41.1 Å². The lowest BCUT2D eigenvalue weighted by Crippen LogP contribution is -1.99. The van der Waals surface area contributed by atoms with Crippen LogP contribution >= 0.6 is 0 Å². The summed E-state index contributed by atoms with van der Waals surface area (Å²) in [5.74, 6) is 0.917. The summed E-state index contributed by atoms with van der Waals surface area (Å²) >= 11 is 0. The fourth-order valence-electron chi connectivity index (χ4n) is 2.67. The zero-order valence-electron chi connectivity index (χ0n) is 11.4. The van der Waals surface area contributed by atoms with Gasteiger partial charge in [-0.25, -0.2) is 0 Å². The van der Waals surface area contributed by atoms with Crippen LogP contribution in [0.1, 0.15) is 30.2 Å². The number of rotatable bonds is 2. The molecule has 1 aliphatic rings. The quantitative estimate of drug-likeness (QED) is 0.825. The van der Waals surface area contributed by atoms with Gasteiger partial charge in [-0.2, -0.15) is 5.10 Å². The minimum absolute atomic E-state index is 0.917. The Morgan fingerprint density at radius 3 is 2.74 bits per heavy atom. The highest BCUT2D eigenvalue weighted by molar-refractivity contribution is 5.68. The summed E-state index contributed by atoms with van der Waals surface area (Å²) in [5.41, 5.74) is 5.99. The van der Waals surface area contributed by atoms with Gasteiger partial charge >= 0.3 is 0 Å². The number of benzene rings is 1. The van der Waals surface area contributed by atoms with Gasteiger partial charge in [0, 0.05) is 5.56 Å². The van der Waals surface area contributed by atoms with Crippen LogP contribution in [0.3, 0.4) is 0 Å². The van der Waals surface area contributed by atoms with Gasteiger partial charge in [-0.05, 0) is 61.1 Å². The van der Waals surface area contributed by atoms with Gasteiger partial charge in [-0.1, -0.05) is 6.92 Å². The van der Waals surface area contributed by atoms with Crippen molar-refractivity contribution in [1.82, 2.24) is 10.2 Å². The summed E-state index contributed by atoms with van der Waals surface area (Å²) in [6.45, 7) is 2.12. The van der Waals surface area contributed by atoms with Gasteiger partial charge < -0.3 is 4.74 Å². The molecule has 0 bridgehead atoms. The summed E-state index contributed by atoms with van der Waals surface area (Å²) in [7, 11) is 1.71. The molecular formula is C16H18N2O. The maximum atomic E-state index is 5.31. The second kappa shape index (κ2) is 5.00. The molecule has 2 aromatic rings. The average molecular weight is 254 g/mol. The third-order valence-corrected chi connectivity index (χ3v) is 3.75. The lowest BCUT2D eigenvalue weighted by Gasteiger charge is -2.10. The van der Waals surface area contributed by atoms with E-state index in [0.717, 1.165) is 42.8 Å². The van der Waals surface area contributed by atoms with Crippen LogP contribution in [0.2, 0.25) is 0 Å². The van der Waals surface area contributed by atoms with Crippen molar-refractivity contribution in [1.29, 1.82) is 0 Å². The number of methoxy groups -OCH3 is 1. The number of fused-ring (bicyclic) bond motifs is 3. The molecule has 98 valence electrons. The van der Waals surface area contributed by atoms with Gasteiger partial charge in [0.2, 0.25) is 0 Å². The lowest BCUT2D eigenvalue weighted by molar-refractivity contribution is 0.414. The van der Waals surface area contributed by atoms with Crippen LogP contribution in [-0.2, 0) is 19.3 Å². The molecule has 0 saturated heterocycles. The average Bonchev–Trinajstić information content (AvgIpc) is 2.64. The van der Waals surface area contributed by atoms with Crippen molar-refractivity contribution < 1.29 is 4.74 Å². The Labute approximate surface area is 113 Å². The van der Waals surface area contributed by atoms with Crippen molar-refractivity contribution in [2.24, 2.45) is 0 Å². The second-order valence-electron chi connectivity index (χ2n) is 4.94. The molecule has 0 amide bonds. The Balaban J connectivity index is 2.14. The monoisotopic (exact) mass is 254 g/mol. The van der Waals surface area contributed by atoms with Crippen LogP contribution in [-0.4, -0.2) is 17.3 Å². The maximum absolute atomic E-state index is 5.31. The standard InChI is InChI=1S/C16H18N2O/c1-3-13-9-12-6-4-5-11-10-14(19-2)7-8-15(11)16(12)18-17-13/h7-10H,3-6H2,1-2H3. The molecule has 0 radical (unpaired) electrons. The Kier molecular flexibility index (Phi) is 3.20. The van der Waals surface area contributed by atoms with E-state index in [1.54, 1.807) is 7.11 Å². The van der Waals surface area contributed by atoms with Crippen LogP contribution in [0, 0.1) is 0 Å². The maximum Gasteiger partial charge on any atom is 0.119 e. The second-order valence-corrected chi connectivity index (χ2v) is 4.94. The first-order chi connectivity index (χ1) is 9.31. The molecule has 1 aliphatic carbocycles. The molecule has 1 heterocycles. The number of aromatic nitrogens is 2. The number of aryl methyl sites for hydroxylation is 3. The van der Waals surface area contributed by atoms with Gasteiger partial charge in [0.05, 0.1) is 18.5 Å². The minimum atomic E-state index is 0.917. The minimum Gasteiger partial charge on any atom is -0.497 e. The van der Waals surface area contributed by atoms with E-state index in [1.165, 1.54) is 16.7 Å². The Bertz CT molecular complexity index is 554. The molecule has 0 saturated carbocycles. The van der Waals surface area contributed by atoms with Crippen LogP contribution in [0.25, 0.3) is 11.3 Å². The number of ether oxygens (including phenoxy) is 1. The van der Waals surface area contributed by atoms with E-state index in [4.69, 9.17) is 4.74 Å². The molecule has 1 aromatic heterocycles. The van der Waals surface area contributed by atoms with E-state index in [-0.39, 0.29) is 0 Å². The van der Waals surface area contributed by atoms with Crippen LogP contribution in [0.4, 0.5) is 0 Å². The van der Waals surface area contributed by atoms with Crippen LogP contribution in [0.5, 0.6) is 5.75 Å². The highest BCUT2D eigenvalue weighted by Crippen LogP contribution is 2.32. The summed E-state index contributed by atoms with van der Waals surface area (Å²) in [5, 5.41) is 8.77. The molecule has 0 fully saturated rings. The molecule has 3 nitrogen and oxygen atoms in total. The molecule has 0 N–H and O–H groups in total. The van der Waals surface area contributed by atoms with Crippen molar-refractivity contribution in [3.8, 4) is 17.0 Å². The van der Waals surface area contributed by atoms with E-state index < -0.39 is 0 Å². The molecule has 0 unspecified atom stereocenters. The summed E-state index contributed by atoms with van der Waals surface area (Å²) in [6.07, 6.45) is 4.25. The molecule has 1 aromatic carbocycles. The predicted octanol–water partition coefficient (Wildman–Crippen LogP) is 3.20. The summed E-state index contributed by atoms with van der Waals surface area (Å²) < 4.78 is 5.31. The molecule has 0 spiro atoms. The van der Waals surface area contributed by atoms with E-state index >= 15 is 0 Å². The largest absolute Gasteiger partial charge is 0.497 e. The van der Waals surface area contributed by atoms with Crippen LogP contribution < -0.4 is 4.74 Å². The first-order valence-electron chi connectivity index (χ1n) is 6.84. The first kappa shape index (κ1) is 12.2. The molecule has 0 aliphatic heterocycles. The number of hydrogen-bond donors (Lipinski definition) is 0. The topological polar surface area (TPSA) is 35.0 Å². The summed E-state index contributed by atoms with van der Waals surface area (Å²) in [6, 6.07) is 8.45. The van der Waals surface area contributed by atoms with Crippen molar-refractivity contribution in [3.63, 3.8) is 0 Å². The predicted molar refractivity (Wildman–Crippen MR) is 75.4 cm³/mol. The van der Waals surface area contributed by atoms with Gasteiger partial charge in [-0.15, -0.1) is 5.10 Å². The van der Waals surface area contributed by atoms with E-state index in [1.807, 2.05) is 6.07 Å². The van der Waals surface area contributed by atoms with Gasteiger partial charge in [0.15, 0.2) is 0 Å². The smallest absolute Gasteiger partial charge is 0.119 e. The molecule has 19 heavy (non-hydrogen) atoms. The normalized spacial score (nSPS) is 13.4. The van der Waals surface area contributed by atoms with Crippen molar-refractivity contribution in [2.75, 3.05) is 7.11 Å². The molecule has 0 atom stereocenters. The Morgan fingerprint density at radius 2 is 1.95 bits per heavy atom. The first-order valence-corrected chi connectivity index (χ1v) is 6.84. The lowest BCUT2D eigenvalue weighted by atomic mass is 10.0. The fraction of sp³-hybridized carbons (Fsp3) is 0.375. The van der Waals surface area contributed by atoms with Crippen molar-refractivity contribution >= 4 is 0 Å². The van der Waals surface area contributed by atoms with E-state index in [2.05, 4.69) is 35.3 Å². The number of hydrogen-bond acceptors (Lipinski definition) is 3. The highest BCUT2D eigenvalue weighted by atomic mass is 16.5. The SMILES string of the molecule is CCc1cc2c(nn1)-c1ccc(OC)cc1CCC2. The van der Waals surface area contributed by atoms with Crippen molar-refractivity contribution in [2.45, 2.75) is 32.6 Å². The van der Waals surface area contributed by atoms with Crippen LogP contribution in [0.15, 0.2) is 24.3 Å². The highest BCUT2D eigenvalue weighted by Gasteiger charge is 2.17. The summed E-state index contributed by atoms with van der Waals surface area (Å²) in [4.78, 5) is 0. The van der Waals surface area contributed by atoms with Gasteiger partial charge in [0.1, 0.15) is 5.75 Å². The molecule has 3 rings (SSSR count). The zero-order chi connectivity index (χ0) is 13.2. The molecule has 3 heteroatoms. The molecular weight excluding hydrogens is 236 g/mol. The Morgan fingerprint density at radius 1 is 1.11 bits per heavy atom. The number of nitrogens with zero attached hydrogens (tertiary/aromatic N) is 2. The van der Waals surface area contributed by atoms with E-state index in [9.17, 15) is 0 Å². The van der Waals surface area contributed by atoms with E-state index in [0.29, 0.717) is 0 Å². The van der Waals surface area contributed by atoms with Gasteiger partial charge in [0.25, 0.3) is 0 Å². The Hall–Kier alpha value is -1.90. The van der Waals surface area contributed by atoms with Gasteiger partial charge in [-0.3, -0.25) is 0 Å². The zero-order valence-corrected chi connectivity index (χ0v) is 11.4. The third-order valence-electron chi connectivity index (χ3n) is 3.75. The fourth-order valence-corrected chi connectivity index (χ4v) is 2.67.